The number of aliphatic carboxylic acids is 1. The summed E-state index contributed by atoms with van der Waals surface area (Å²) in [6, 6.07) is 3.43. The fourth-order valence-electron chi connectivity index (χ4n) is 2.81. The zero-order chi connectivity index (χ0) is 15.6. The van der Waals surface area contributed by atoms with Gasteiger partial charge in [-0.15, -0.1) is 11.3 Å². The number of hydrogen-bond donors (Lipinski definition) is 1. The van der Waals surface area contributed by atoms with E-state index in [1.807, 2.05) is 13.8 Å². The van der Waals surface area contributed by atoms with Gasteiger partial charge in [-0.3, -0.25) is 4.79 Å². The maximum atomic E-state index is 12.7. The fraction of sp³-hybridized carbons (Fsp3) is 0.429. The number of rotatable bonds is 2. The van der Waals surface area contributed by atoms with Crippen LogP contribution in [0.2, 0.25) is 0 Å². The molecule has 1 aliphatic carbocycles. The predicted octanol–water partition coefficient (Wildman–Crippen LogP) is 4.14. The van der Waals surface area contributed by atoms with Crippen molar-refractivity contribution in [2.24, 2.45) is 11.3 Å². The molecule has 7 heteroatoms. The van der Waals surface area contributed by atoms with E-state index < -0.39 is 29.0 Å². The first-order chi connectivity index (χ1) is 9.62. The van der Waals surface area contributed by atoms with Crippen molar-refractivity contribution >= 4 is 27.5 Å². The molecule has 1 aromatic carbocycles. The van der Waals surface area contributed by atoms with Gasteiger partial charge in [-0.1, -0.05) is 13.8 Å². The average Bonchev–Trinajstić information content (AvgIpc) is 2.75. The van der Waals surface area contributed by atoms with Gasteiger partial charge in [-0.05, 0) is 23.6 Å². The average molecular weight is 315 g/mol. The summed E-state index contributed by atoms with van der Waals surface area (Å²) in [7, 11) is 0. The van der Waals surface area contributed by atoms with E-state index in [-0.39, 0.29) is 11.4 Å². The van der Waals surface area contributed by atoms with Crippen LogP contribution in [0.15, 0.2) is 18.2 Å². The Morgan fingerprint density at radius 2 is 2.05 bits per heavy atom. The lowest BCUT2D eigenvalue weighted by atomic mass is 10.1. The molecular weight excluding hydrogens is 303 g/mol. The molecule has 0 spiro atoms. The van der Waals surface area contributed by atoms with Crippen LogP contribution in [0.4, 0.5) is 13.2 Å². The van der Waals surface area contributed by atoms with E-state index in [2.05, 4.69) is 4.98 Å². The van der Waals surface area contributed by atoms with Gasteiger partial charge in [0.05, 0.1) is 26.7 Å². The summed E-state index contributed by atoms with van der Waals surface area (Å²) in [6.45, 7) is 3.67. The van der Waals surface area contributed by atoms with Gasteiger partial charge in [0.25, 0.3) is 0 Å². The number of thiazole rings is 1. The molecule has 1 N–H and O–H groups in total. The monoisotopic (exact) mass is 315 g/mol. The van der Waals surface area contributed by atoms with Crippen molar-refractivity contribution in [3.8, 4) is 0 Å². The van der Waals surface area contributed by atoms with Gasteiger partial charge in [0.2, 0.25) is 0 Å². The zero-order valence-corrected chi connectivity index (χ0v) is 12.0. The number of carboxylic acids is 1. The number of halogens is 3. The van der Waals surface area contributed by atoms with E-state index in [0.717, 1.165) is 12.1 Å². The van der Waals surface area contributed by atoms with Crippen LogP contribution in [0.1, 0.15) is 30.3 Å². The predicted molar refractivity (Wildman–Crippen MR) is 72.3 cm³/mol. The summed E-state index contributed by atoms with van der Waals surface area (Å²) in [4.78, 5) is 15.4. The van der Waals surface area contributed by atoms with E-state index in [4.69, 9.17) is 0 Å². The second-order valence-electron chi connectivity index (χ2n) is 5.85. The number of carbonyl (C=O) groups is 1. The molecule has 3 nitrogen and oxygen atoms in total. The van der Waals surface area contributed by atoms with E-state index in [9.17, 15) is 23.1 Å². The van der Waals surface area contributed by atoms with Gasteiger partial charge in [-0.2, -0.15) is 13.2 Å². The summed E-state index contributed by atoms with van der Waals surface area (Å²) in [5.41, 5.74) is -0.875. The van der Waals surface area contributed by atoms with Crippen LogP contribution in [0, 0.1) is 11.3 Å². The molecule has 0 amide bonds. The fourth-order valence-corrected chi connectivity index (χ4v) is 4.10. The molecule has 3 rings (SSSR count). The van der Waals surface area contributed by atoms with Gasteiger partial charge in [0.1, 0.15) is 0 Å². The SMILES string of the molecule is CC1(C)C(C(=O)O)C1c1nc2cc(C(F)(F)F)ccc2s1. The topological polar surface area (TPSA) is 50.2 Å². The first-order valence-corrected chi connectivity index (χ1v) is 7.14. The Hall–Kier alpha value is -1.63. The maximum absolute atomic E-state index is 12.7. The third kappa shape index (κ3) is 2.19. The van der Waals surface area contributed by atoms with Crippen molar-refractivity contribution in [2.45, 2.75) is 25.9 Å². The largest absolute Gasteiger partial charge is 0.481 e. The Bertz CT molecular complexity index is 735. The Kier molecular flexibility index (Phi) is 2.86. The van der Waals surface area contributed by atoms with Crippen LogP contribution in [-0.4, -0.2) is 16.1 Å². The smallest absolute Gasteiger partial charge is 0.416 e. The van der Waals surface area contributed by atoms with Crippen LogP contribution < -0.4 is 0 Å². The lowest BCUT2D eigenvalue weighted by molar-refractivity contribution is -0.139. The number of nitrogens with zero attached hydrogens (tertiary/aromatic N) is 1. The lowest BCUT2D eigenvalue weighted by Crippen LogP contribution is -2.03. The number of aromatic nitrogens is 1. The summed E-state index contributed by atoms with van der Waals surface area (Å²) in [6.07, 6.45) is -4.40. The molecule has 0 radical (unpaired) electrons. The Balaban J connectivity index is 2.01. The molecule has 1 heterocycles. The second kappa shape index (κ2) is 4.19. The third-order valence-corrected chi connectivity index (χ3v) is 5.21. The molecule has 1 saturated carbocycles. The Labute approximate surface area is 122 Å². The highest BCUT2D eigenvalue weighted by atomic mass is 32.1. The van der Waals surface area contributed by atoms with Gasteiger partial charge < -0.3 is 5.11 Å². The van der Waals surface area contributed by atoms with Gasteiger partial charge in [0.15, 0.2) is 0 Å². The third-order valence-electron chi connectivity index (χ3n) is 4.09. The van der Waals surface area contributed by atoms with Crippen LogP contribution >= 0.6 is 11.3 Å². The minimum Gasteiger partial charge on any atom is -0.481 e. The van der Waals surface area contributed by atoms with Gasteiger partial charge >= 0.3 is 12.1 Å². The van der Waals surface area contributed by atoms with E-state index in [1.165, 1.54) is 17.4 Å². The van der Waals surface area contributed by atoms with Crippen LogP contribution in [0.3, 0.4) is 0 Å². The molecular formula is C14H12F3NO2S. The summed E-state index contributed by atoms with van der Waals surface area (Å²) in [5, 5.41) is 9.77. The van der Waals surface area contributed by atoms with Crippen LogP contribution in [0.25, 0.3) is 10.2 Å². The molecule has 1 fully saturated rings. The quantitative estimate of drug-likeness (QED) is 0.906. The molecule has 112 valence electrons. The van der Waals surface area contributed by atoms with E-state index in [1.54, 1.807) is 0 Å². The Morgan fingerprint density at radius 3 is 2.57 bits per heavy atom. The van der Waals surface area contributed by atoms with Crippen molar-refractivity contribution < 1.29 is 23.1 Å². The summed E-state index contributed by atoms with van der Waals surface area (Å²) < 4.78 is 38.7. The zero-order valence-electron chi connectivity index (χ0n) is 11.2. The molecule has 2 atom stereocenters. The second-order valence-corrected chi connectivity index (χ2v) is 6.91. The lowest BCUT2D eigenvalue weighted by Gasteiger charge is -2.04. The molecule has 21 heavy (non-hydrogen) atoms. The normalized spacial score (nSPS) is 24.2. The van der Waals surface area contributed by atoms with Gasteiger partial charge in [0, 0.05) is 5.92 Å². The molecule has 0 saturated heterocycles. The highest BCUT2D eigenvalue weighted by Crippen LogP contribution is 2.65. The van der Waals surface area contributed by atoms with E-state index in [0.29, 0.717) is 9.71 Å². The number of benzene rings is 1. The molecule has 1 aromatic heterocycles. The van der Waals surface area contributed by atoms with E-state index >= 15 is 0 Å². The number of carboxylic acid groups (broad SMARTS) is 1. The minimum atomic E-state index is -4.40. The molecule has 1 aliphatic rings. The van der Waals surface area contributed by atoms with Crippen molar-refractivity contribution in [1.82, 2.24) is 4.98 Å². The standard InChI is InChI=1S/C14H12F3NO2S/c1-13(2)9(10(13)12(19)20)11-18-7-5-6(14(15,16)17)3-4-8(7)21-11/h3-5,9-10H,1-2H3,(H,19,20). The van der Waals surface area contributed by atoms with Crippen LogP contribution in [0.5, 0.6) is 0 Å². The highest BCUT2D eigenvalue weighted by Gasteiger charge is 2.64. The minimum absolute atomic E-state index is 0.235. The first kappa shape index (κ1) is 14.3. The number of hydrogen-bond acceptors (Lipinski definition) is 3. The highest BCUT2D eigenvalue weighted by molar-refractivity contribution is 7.18. The maximum Gasteiger partial charge on any atom is 0.416 e. The van der Waals surface area contributed by atoms with Crippen molar-refractivity contribution in [3.05, 3.63) is 28.8 Å². The van der Waals surface area contributed by atoms with Gasteiger partial charge in [-0.25, -0.2) is 4.98 Å². The first-order valence-electron chi connectivity index (χ1n) is 6.33. The van der Waals surface area contributed by atoms with Crippen molar-refractivity contribution in [3.63, 3.8) is 0 Å². The molecule has 0 bridgehead atoms. The molecule has 2 unspecified atom stereocenters. The Morgan fingerprint density at radius 1 is 1.38 bits per heavy atom. The number of fused-ring (bicyclic) bond motifs is 1. The van der Waals surface area contributed by atoms with Crippen LogP contribution in [-0.2, 0) is 11.0 Å². The molecule has 0 aliphatic heterocycles. The number of alkyl halides is 3. The summed E-state index contributed by atoms with van der Waals surface area (Å²) in [5.74, 6) is -1.65. The molecule has 2 aromatic rings. The van der Waals surface area contributed by atoms with Crippen molar-refractivity contribution in [1.29, 1.82) is 0 Å². The summed E-state index contributed by atoms with van der Waals surface area (Å²) >= 11 is 1.27. The van der Waals surface area contributed by atoms with Crippen molar-refractivity contribution in [2.75, 3.05) is 0 Å².